The zero-order valence-corrected chi connectivity index (χ0v) is 18.5. The predicted molar refractivity (Wildman–Crippen MR) is 121 cm³/mol. The average molecular weight is 485 g/mol. The van der Waals surface area contributed by atoms with Crippen molar-refractivity contribution in [2.24, 2.45) is 0 Å². The molecule has 0 bridgehead atoms. The first-order chi connectivity index (χ1) is 14.5. The lowest BCUT2D eigenvalue weighted by Crippen LogP contribution is -2.57. The van der Waals surface area contributed by atoms with Gasteiger partial charge < -0.3 is 9.69 Å². The van der Waals surface area contributed by atoms with Gasteiger partial charge >= 0.3 is 0 Å². The summed E-state index contributed by atoms with van der Waals surface area (Å²) in [6.45, 7) is 0.340. The number of sulfonamides is 1. The van der Waals surface area contributed by atoms with E-state index in [9.17, 15) is 13.2 Å². The molecule has 0 N–H and O–H groups in total. The van der Waals surface area contributed by atoms with Gasteiger partial charge in [0.2, 0.25) is 10.0 Å². The molecule has 30 heavy (non-hydrogen) atoms. The van der Waals surface area contributed by atoms with E-state index < -0.39 is 16.1 Å². The van der Waals surface area contributed by atoms with Gasteiger partial charge in [-0.05, 0) is 42.0 Å². The smallest absolute Gasteiger partial charge is 0.243 e. The predicted octanol–water partition coefficient (Wildman–Crippen LogP) is 4.27. The number of carbonyl (C=O) groups is 1. The van der Waals surface area contributed by atoms with Gasteiger partial charge in [0.05, 0.1) is 17.0 Å². The largest absolute Gasteiger partial charge is 0.352 e. The van der Waals surface area contributed by atoms with Gasteiger partial charge in [-0.2, -0.15) is 4.31 Å². The second-order valence-corrected chi connectivity index (χ2v) is 10.0. The fourth-order valence-corrected chi connectivity index (χ4v) is 5.78. The zero-order chi connectivity index (χ0) is 21.1. The van der Waals surface area contributed by atoms with Gasteiger partial charge in [0.25, 0.3) is 0 Å². The summed E-state index contributed by atoms with van der Waals surface area (Å²) >= 11 is 3.51. The Morgan fingerprint density at radius 1 is 0.867 bits per heavy atom. The van der Waals surface area contributed by atoms with E-state index in [1.807, 2.05) is 59.5 Å². The molecule has 1 heterocycles. The Balaban J connectivity index is 1.80. The number of halogens is 1. The molecule has 0 radical (unpaired) electrons. The third-order valence-electron chi connectivity index (χ3n) is 5.29. The van der Waals surface area contributed by atoms with E-state index in [2.05, 4.69) is 15.9 Å². The van der Waals surface area contributed by atoms with Crippen LogP contribution in [0.2, 0.25) is 0 Å². The number of hydrogen-bond donors (Lipinski definition) is 0. The molecule has 5 nitrogen and oxygen atoms in total. The lowest BCUT2D eigenvalue weighted by atomic mass is 9.99. The molecule has 0 aliphatic carbocycles. The summed E-state index contributed by atoms with van der Waals surface area (Å²) < 4.78 is 29.0. The minimum absolute atomic E-state index is 0.0973. The summed E-state index contributed by atoms with van der Waals surface area (Å²) in [5.41, 5.74) is 1.82. The number of aldehydes is 1. The van der Waals surface area contributed by atoms with Crippen molar-refractivity contribution < 1.29 is 13.2 Å². The van der Waals surface area contributed by atoms with Crippen molar-refractivity contribution in [2.75, 3.05) is 18.0 Å². The van der Waals surface area contributed by atoms with Crippen LogP contribution in [0.15, 0.2) is 94.3 Å². The normalized spacial score (nSPS) is 20.1. The molecular formula is C23H21BrN2O3S. The molecule has 2 atom stereocenters. The van der Waals surface area contributed by atoms with Crippen molar-refractivity contribution in [1.29, 1.82) is 0 Å². The molecule has 3 aromatic carbocycles. The Hall–Kier alpha value is -2.48. The molecule has 0 aromatic heterocycles. The van der Waals surface area contributed by atoms with Crippen LogP contribution in [0.4, 0.5) is 5.69 Å². The Labute approximate surface area is 185 Å². The molecule has 1 aliphatic heterocycles. The van der Waals surface area contributed by atoms with E-state index in [4.69, 9.17) is 0 Å². The molecule has 3 aromatic rings. The van der Waals surface area contributed by atoms with Crippen molar-refractivity contribution in [1.82, 2.24) is 4.31 Å². The number of benzene rings is 3. The molecule has 0 spiro atoms. The van der Waals surface area contributed by atoms with Gasteiger partial charge in [-0.25, -0.2) is 8.42 Å². The molecule has 1 aliphatic rings. The molecule has 154 valence electrons. The van der Waals surface area contributed by atoms with E-state index in [1.165, 1.54) is 4.31 Å². The van der Waals surface area contributed by atoms with E-state index in [1.54, 1.807) is 30.3 Å². The first-order valence-electron chi connectivity index (χ1n) is 9.60. The standard InChI is InChI=1S/C23H21BrN2O3S/c24-19-9-7-8-18(14-19)23-16-25(30(28,29)22-12-5-2-6-13-22)15-21(17-27)26(23)20-10-3-1-4-11-20/h1-14,17,21,23H,15-16H2. The van der Waals surface area contributed by atoms with Crippen molar-refractivity contribution in [3.63, 3.8) is 0 Å². The Morgan fingerprint density at radius 3 is 2.17 bits per heavy atom. The fourth-order valence-electron chi connectivity index (χ4n) is 3.88. The number of rotatable bonds is 5. The summed E-state index contributed by atoms with van der Waals surface area (Å²) in [4.78, 5) is 14.4. The van der Waals surface area contributed by atoms with E-state index in [-0.39, 0.29) is 24.0 Å². The second-order valence-electron chi connectivity index (χ2n) is 7.15. The van der Waals surface area contributed by atoms with Crippen molar-refractivity contribution in [3.8, 4) is 0 Å². The first-order valence-corrected chi connectivity index (χ1v) is 11.8. The maximum atomic E-state index is 13.3. The van der Waals surface area contributed by atoms with Crippen LogP contribution < -0.4 is 4.90 Å². The van der Waals surface area contributed by atoms with Gasteiger partial charge in [-0.15, -0.1) is 0 Å². The van der Waals surface area contributed by atoms with Crippen LogP contribution in [0.3, 0.4) is 0 Å². The summed E-state index contributed by atoms with van der Waals surface area (Å²) in [5, 5.41) is 0. The summed E-state index contributed by atoms with van der Waals surface area (Å²) in [7, 11) is -3.73. The number of piperazine rings is 1. The fraction of sp³-hybridized carbons (Fsp3) is 0.174. The summed E-state index contributed by atoms with van der Waals surface area (Å²) in [6, 6.07) is 24.9. The van der Waals surface area contributed by atoms with Gasteiger partial charge in [0.1, 0.15) is 6.29 Å². The monoisotopic (exact) mass is 484 g/mol. The molecule has 1 saturated heterocycles. The van der Waals surface area contributed by atoms with E-state index in [0.717, 1.165) is 22.0 Å². The summed E-state index contributed by atoms with van der Waals surface area (Å²) in [6.07, 6.45) is 0.838. The highest BCUT2D eigenvalue weighted by atomic mass is 79.9. The molecule has 1 fully saturated rings. The SMILES string of the molecule is O=CC1CN(S(=O)(=O)c2ccccc2)CC(c2cccc(Br)c2)N1c1ccccc1. The third kappa shape index (κ3) is 4.05. The highest BCUT2D eigenvalue weighted by molar-refractivity contribution is 9.10. The number of carbonyl (C=O) groups excluding carboxylic acids is 1. The van der Waals surface area contributed by atoms with Crippen LogP contribution >= 0.6 is 15.9 Å². The van der Waals surface area contributed by atoms with Gasteiger partial charge in [-0.1, -0.05) is 64.5 Å². The minimum atomic E-state index is -3.73. The van der Waals surface area contributed by atoms with E-state index in [0.29, 0.717) is 0 Å². The van der Waals surface area contributed by atoms with Crippen LogP contribution in [0.25, 0.3) is 0 Å². The number of hydrogen-bond acceptors (Lipinski definition) is 4. The lowest BCUT2D eigenvalue weighted by Gasteiger charge is -2.46. The van der Waals surface area contributed by atoms with Crippen LogP contribution in [0.1, 0.15) is 11.6 Å². The highest BCUT2D eigenvalue weighted by Gasteiger charge is 2.40. The highest BCUT2D eigenvalue weighted by Crippen LogP contribution is 2.36. The Kier molecular flexibility index (Phi) is 6.04. The molecule has 4 rings (SSSR count). The number of para-hydroxylation sites is 1. The van der Waals surface area contributed by atoms with Crippen molar-refractivity contribution >= 4 is 37.9 Å². The van der Waals surface area contributed by atoms with Gasteiger partial charge in [0, 0.05) is 23.2 Å². The molecule has 2 unspecified atom stereocenters. The quantitative estimate of drug-likeness (QED) is 0.507. The third-order valence-corrected chi connectivity index (χ3v) is 7.63. The van der Waals surface area contributed by atoms with Crippen LogP contribution in [-0.4, -0.2) is 38.1 Å². The molecular weight excluding hydrogens is 464 g/mol. The maximum absolute atomic E-state index is 13.3. The zero-order valence-electron chi connectivity index (χ0n) is 16.1. The molecule has 0 saturated carbocycles. The van der Waals surface area contributed by atoms with Crippen molar-refractivity contribution in [3.05, 3.63) is 95.0 Å². The van der Waals surface area contributed by atoms with Crippen LogP contribution in [0.5, 0.6) is 0 Å². The van der Waals surface area contributed by atoms with E-state index >= 15 is 0 Å². The molecule has 7 heteroatoms. The molecule has 0 amide bonds. The second kappa shape index (κ2) is 8.71. The van der Waals surface area contributed by atoms with Crippen LogP contribution in [-0.2, 0) is 14.8 Å². The first kappa shape index (κ1) is 20.8. The number of anilines is 1. The van der Waals surface area contributed by atoms with Crippen LogP contribution in [0, 0.1) is 0 Å². The van der Waals surface area contributed by atoms with Gasteiger partial charge in [-0.3, -0.25) is 0 Å². The van der Waals surface area contributed by atoms with Gasteiger partial charge in [0.15, 0.2) is 0 Å². The average Bonchev–Trinajstić information content (AvgIpc) is 2.79. The minimum Gasteiger partial charge on any atom is -0.352 e. The van der Waals surface area contributed by atoms with Crippen molar-refractivity contribution in [2.45, 2.75) is 17.0 Å². The summed E-state index contributed by atoms with van der Waals surface area (Å²) in [5.74, 6) is 0. The lowest BCUT2D eigenvalue weighted by molar-refractivity contribution is -0.109. The topological polar surface area (TPSA) is 57.7 Å². The number of nitrogens with zero attached hydrogens (tertiary/aromatic N) is 2. The Morgan fingerprint density at radius 2 is 1.53 bits per heavy atom. The maximum Gasteiger partial charge on any atom is 0.243 e. The Bertz CT molecular complexity index is 1120.